The first-order valence-electron chi connectivity index (χ1n) is 5.89. The summed E-state index contributed by atoms with van der Waals surface area (Å²) in [7, 11) is 0. The molecule has 5 nitrogen and oxygen atoms in total. The van der Waals surface area contributed by atoms with E-state index in [9.17, 15) is 9.90 Å². The highest BCUT2D eigenvalue weighted by atomic mass is 32.2. The molecule has 1 amide bonds. The van der Waals surface area contributed by atoms with E-state index in [0.29, 0.717) is 41.6 Å². The number of rotatable bonds is 2. The summed E-state index contributed by atoms with van der Waals surface area (Å²) >= 11 is 1.45. The van der Waals surface area contributed by atoms with Crippen LogP contribution in [-0.2, 0) is 0 Å². The Bertz CT molecular complexity index is 479. The summed E-state index contributed by atoms with van der Waals surface area (Å²) < 4.78 is 0. The monoisotopic (exact) mass is 267 g/mol. The fraction of sp³-hybridized carbons (Fsp3) is 0.583. The fourth-order valence-corrected chi connectivity index (χ4v) is 2.82. The second-order valence-corrected chi connectivity index (χ2v) is 5.23. The SMILES string of the molecule is CSc1nc(C)nc(C)c1C(=O)N1CC[C@H](O)C1. The average molecular weight is 267 g/mol. The van der Waals surface area contributed by atoms with Crippen molar-refractivity contribution in [2.24, 2.45) is 0 Å². The van der Waals surface area contributed by atoms with E-state index in [4.69, 9.17) is 0 Å². The van der Waals surface area contributed by atoms with E-state index in [2.05, 4.69) is 9.97 Å². The molecule has 0 unspecified atom stereocenters. The predicted octanol–water partition coefficient (Wildman–Crippen LogP) is 1.02. The normalized spacial score (nSPS) is 19.3. The molecule has 2 rings (SSSR count). The average Bonchev–Trinajstić information content (AvgIpc) is 2.74. The number of aliphatic hydroxyl groups excluding tert-OH is 1. The van der Waals surface area contributed by atoms with E-state index in [-0.39, 0.29) is 5.91 Å². The number of amides is 1. The largest absolute Gasteiger partial charge is 0.391 e. The first-order chi connectivity index (χ1) is 8.52. The number of aryl methyl sites for hydroxylation is 2. The molecule has 6 heteroatoms. The maximum absolute atomic E-state index is 12.4. The van der Waals surface area contributed by atoms with Crippen LogP contribution in [0.3, 0.4) is 0 Å². The molecule has 1 atom stereocenters. The Balaban J connectivity index is 2.35. The number of β-amino-alcohol motifs (C(OH)–C–C–N with tert-alkyl or cyclic N) is 1. The van der Waals surface area contributed by atoms with Crippen LogP contribution in [0.25, 0.3) is 0 Å². The Labute approximate surface area is 111 Å². The Hall–Kier alpha value is -1.14. The number of hydrogen-bond donors (Lipinski definition) is 1. The van der Waals surface area contributed by atoms with Crippen molar-refractivity contribution in [3.05, 3.63) is 17.1 Å². The van der Waals surface area contributed by atoms with Crippen LogP contribution < -0.4 is 0 Å². The van der Waals surface area contributed by atoms with Gasteiger partial charge in [0, 0.05) is 13.1 Å². The molecule has 1 aliphatic heterocycles. The van der Waals surface area contributed by atoms with E-state index in [1.54, 1.807) is 4.90 Å². The summed E-state index contributed by atoms with van der Waals surface area (Å²) in [5.41, 5.74) is 1.28. The van der Waals surface area contributed by atoms with Crippen LogP contribution in [0, 0.1) is 13.8 Å². The number of likely N-dealkylation sites (tertiary alicyclic amines) is 1. The maximum atomic E-state index is 12.4. The molecule has 1 N–H and O–H groups in total. The molecular weight excluding hydrogens is 250 g/mol. The van der Waals surface area contributed by atoms with Gasteiger partial charge in [-0.2, -0.15) is 0 Å². The zero-order valence-corrected chi connectivity index (χ0v) is 11.6. The van der Waals surface area contributed by atoms with E-state index in [1.165, 1.54) is 11.8 Å². The van der Waals surface area contributed by atoms with Gasteiger partial charge in [-0.3, -0.25) is 4.79 Å². The predicted molar refractivity (Wildman–Crippen MR) is 69.8 cm³/mol. The molecule has 98 valence electrons. The lowest BCUT2D eigenvalue weighted by molar-refractivity contribution is 0.0759. The zero-order valence-electron chi connectivity index (χ0n) is 10.8. The molecule has 0 aromatic carbocycles. The van der Waals surface area contributed by atoms with Gasteiger partial charge in [-0.25, -0.2) is 9.97 Å². The first-order valence-corrected chi connectivity index (χ1v) is 7.12. The first kappa shape index (κ1) is 13.3. The Kier molecular flexibility index (Phi) is 3.87. The number of hydrogen-bond acceptors (Lipinski definition) is 5. The lowest BCUT2D eigenvalue weighted by atomic mass is 10.2. The van der Waals surface area contributed by atoms with Crippen molar-refractivity contribution in [1.29, 1.82) is 0 Å². The Morgan fingerprint density at radius 2 is 2.17 bits per heavy atom. The van der Waals surface area contributed by atoms with Crippen molar-refractivity contribution in [1.82, 2.24) is 14.9 Å². The smallest absolute Gasteiger partial charge is 0.258 e. The van der Waals surface area contributed by atoms with Gasteiger partial charge in [0.1, 0.15) is 10.9 Å². The molecule has 1 aromatic heterocycles. The molecular formula is C12H17N3O2S. The minimum atomic E-state index is -0.404. The summed E-state index contributed by atoms with van der Waals surface area (Å²) in [6, 6.07) is 0. The van der Waals surface area contributed by atoms with E-state index in [0.717, 1.165) is 0 Å². The quantitative estimate of drug-likeness (QED) is 0.640. The van der Waals surface area contributed by atoms with Crippen molar-refractivity contribution >= 4 is 17.7 Å². The van der Waals surface area contributed by atoms with Gasteiger partial charge in [0.2, 0.25) is 0 Å². The molecule has 2 heterocycles. The highest BCUT2D eigenvalue weighted by Crippen LogP contribution is 2.23. The van der Waals surface area contributed by atoms with Crippen molar-refractivity contribution in [2.75, 3.05) is 19.3 Å². The summed E-state index contributed by atoms with van der Waals surface area (Å²) in [5.74, 6) is 0.600. The second-order valence-electron chi connectivity index (χ2n) is 4.43. The lowest BCUT2D eigenvalue weighted by Gasteiger charge is -2.18. The highest BCUT2D eigenvalue weighted by molar-refractivity contribution is 7.98. The van der Waals surface area contributed by atoms with Crippen LogP contribution in [0.4, 0.5) is 0 Å². The third-order valence-corrected chi connectivity index (χ3v) is 3.71. The van der Waals surface area contributed by atoms with E-state index in [1.807, 2.05) is 20.1 Å². The van der Waals surface area contributed by atoms with Crippen LogP contribution in [0.1, 0.15) is 28.3 Å². The molecule has 0 saturated carbocycles. The van der Waals surface area contributed by atoms with Gasteiger partial charge in [-0.15, -0.1) is 11.8 Å². The number of carbonyl (C=O) groups is 1. The molecule has 0 aliphatic carbocycles. The van der Waals surface area contributed by atoms with Gasteiger partial charge in [-0.05, 0) is 26.5 Å². The molecule has 1 aliphatic rings. The standard InChI is InChI=1S/C12H17N3O2S/c1-7-10(11(18-3)14-8(2)13-7)12(17)15-5-4-9(16)6-15/h9,16H,4-6H2,1-3H3/t9-/m0/s1. The van der Waals surface area contributed by atoms with Crippen molar-refractivity contribution in [2.45, 2.75) is 31.4 Å². The highest BCUT2D eigenvalue weighted by Gasteiger charge is 2.28. The van der Waals surface area contributed by atoms with Crippen LogP contribution >= 0.6 is 11.8 Å². The molecule has 1 saturated heterocycles. The number of thioether (sulfide) groups is 1. The Morgan fingerprint density at radius 3 is 2.72 bits per heavy atom. The maximum Gasteiger partial charge on any atom is 0.258 e. The van der Waals surface area contributed by atoms with Crippen molar-refractivity contribution in [3.8, 4) is 0 Å². The lowest BCUT2D eigenvalue weighted by Crippen LogP contribution is -2.31. The third kappa shape index (κ3) is 2.49. The van der Waals surface area contributed by atoms with E-state index >= 15 is 0 Å². The number of aromatic nitrogens is 2. The molecule has 0 radical (unpaired) electrons. The van der Waals surface area contributed by atoms with Crippen LogP contribution in [0.2, 0.25) is 0 Å². The minimum Gasteiger partial charge on any atom is -0.391 e. The second kappa shape index (κ2) is 5.24. The van der Waals surface area contributed by atoms with Crippen LogP contribution in [0.15, 0.2) is 5.03 Å². The summed E-state index contributed by atoms with van der Waals surface area (Å²) in [6.07, 6.45) is 2.14. The molecule has 1 fully saturated rings. The van der Waals surface area contributed by atoms with Crippen molar-refractivity contribution < 1.29 is 9.90 Å². The van der Waals surface area contributed by atoms with Crippen molar-refractivity contribution in [3.63, 3.8) is 0 Å². The number of carbonyl (C=O) groups excluding carboxylic acids is 1. The summed E-state index contributed by atoms with van der Waals surface area (Å²) in [5, 5.41) is 10.2. The van der Waals surface area contributed by atoms with E-state index < -0.39 is 6.10 Å². The van der Waals surface area contributed by atoms with Gasteiger partial charge in [0.05, 0.1) is 17.4 Å². The minimum absolute atomic E-state index is 0.0756. The van der Waals surface area contributed by atoms with Gasteiger partial charge in [0.15, 0.2) is 0 Å². The summed E-state index contributed by atoms with van der Waals surface area (Å²) in [6.45, 7) is 4.65. The Morgan fingerprint density at radius 1 is 1.44 bits per heavy atom. The van der Waals surface area contributed by atoms with Gasteiger partial charge >= 0.3 is 0 Å². The number of nitrogens with zero attached hydrogens (tertiary/aromatic N) is 3. The third-order valence-electron chi connectivity index (χ3n) is 3.03. The molecule has 0 bridgehead atoms. The summed E-state index contributed by atoms with van der Waals surface area (Å²) in [4.78, 5) is 22.7. The van der Waals surface area contributed by atoms with Gasteiger partial charge in [0.25, 0.3) is 5.91 Å². The zero-order chi connectivity index (χ0) is 13.3. The van der Waals surface area contributed by atoms with Gasteiger partial charge < -0.3 is 10.0 Å². The molecule has 18 heavy (non-hydrogen) atoms. The number of aliphatic hydroxyl groups is 1. The topological polar surface area (TPSA) is 66.3 Å². The molecule has 0 spiro atoms. The van der Waals surface area contributed by atoms with Gasteiger partial charge in [-0.1, -0.05) is 0 Å². The molecule has 1 aromatic rings. The fourth-order valence-electron chi connectivity index (χ4n) is 2.16. The van der Waals surface area contributed by atoms with Crippen LogP contribution in [0.5, 0.6) is 0 Å². The van der Waals surface area contributed by atoms with Crippen LogP contribution in [-0.4, -0.2) is 51.3 Å².